The van der Waals surface area contributed by atoms with Crippen molar-refractivity contribution in [3.05, 3.63) is 102 Å². The van der Waals surface area contributed by atoms with E-state index >= 15 is 0 Å². The first-order chi connectivity index (χ1) is 29.5. The molecule has 2 aromatic heterocycles. The van der Waals surface area contributed by atoms with Crippen molar-refractivity contribution < 1.29 is 33.6 Å². The highest BCUT2D eigenvalue weighted by Crippen LogP contribution is 2.36. The largest absolute Gasteiger partial charge is 0.488 e. The molecule has 2 aliphatic heterocycles. The van der Waals surface area contributed by atoms with Gasteiger partial charge in [-0.1, -0.05) is 69.9 Å². The molecule has 2 saturated heterocycles. The predicted octanol–water partition coefficient (Wildman–Crippen LogP) is 6.75. The molecule has 15 nitrogen and oxygen atoms in total. The molecule has 4 heterocycles. The van der Waals surface area contributed by atoms with Crippen molar-refractivity contribution in [3.8, 4) is 28.8 Å². The van der Waals surface area contributed by atoms with E-state index < -0.39 is 24.2 Å². The van der Waals surface area contributed by atoms with E-state index in [2.05, 4.69) is 42.0 Å². The minimum atomic E-state index is -0.797. The van der Waals surface area contributed by atoms with Gasteiger partial charge in [-0.05, 0) is 72.7 Å². The third-order valence-corrected chi connectivity index (χ3v) is 11.0. The second kappa shape index (κ2) is 19.2. The molecule has 0 aliphatic carbocycles. The van der Waals surface area contributed by atoms with Gasteiger partial charge in [-0.25, -0.2) is 19.8 Å². The predicted molar refractivity (Wildman–Crippen MR) is 229 cm³/mol. The summed E-state index contributed by atoms with van der Waals surface area (Å²) in [6.45, 7) is 8.63. The monoisotopic (exact) mass is 828 g/mol. The van der Waals surface area contributed by atoms with Gasteiger partial charge in [0.25, 0.3) is 0 Å². The van der Waals surface area contributed by atoms with Gasteiger partial charge < -0.3 is 39.4 Å². The Morgan fingerprint density at radius 2 is 1.64 bits per heavy atom. The quantitative estimate of drug-likeness (QED) is 0.0381. The number of hydrogen-bond acceptors (Lipinski definition) is 10. The Morgan fingerprint density at radius 1 is 0.885 bits per heavy atom. The number of imidazole rings is 2. The molecule has 318 valence electrons. The maximum atomic E-state index is 14.1. The summed E-state index contributed by atoms with van der Waals surface area (Å²) in [4.78, 5) is 73.7. The molecule has 5 aromatic rings. The van der Waals surface area contributed by atoms with Crippen LogP contribution in [0, 0.1) is 23.7 Å². The first-order valence-electron chi connectivity index (χ1n) is 20.6. The molecular formula is C46H52N8O7. The number of H-pyrrole nitrogens is 2. The van der Waals surface area contributed by atoms with Crippen LogP contribution in [0.1, 0.15) is 81.8 Å². The van der Waals surface area contributed by atoms with Crippen molar-refractivity contribution in [3.63, 3.8) is 0 Å². The number of aromatic amines is 2. The van der Waals surface area contributed by atoms with Crippen LogP contribution in [-0.2, 0) is 24.1 Å². The van der Waals surface area contributed by atoms with E-state index in [1.807, 2.05) is 105 Å². The number of ether oxygens (including phenoxy) is 2. The summed E-state index contributed by atoms with van der Waals surface area (Å²) in [7, 11) is 2.66. The lowest BCUT2D eigenvalue weighted by Gasteiger charge is -2.29. The molecule has 0 spiro atoms. The standard InChI is InChI=1S/C46H52N8O7/c1-28(2)40(48-27-60-59-6)44(55)53-22-10-13-38(53)42-47-25-37(51-42)32-19-16-30(17-20-32)14-15-31-18-21-35-36(23-31)50-43(49-35)39-24-34(61-33-11-8-7-9-12-33)26-54(39)45(56)41(29(3)4)52-46(57)58-5/h7-9,11-12,16-21,23,25,27-29,34,38-41H,10,13,22,24,26H2,1-6H3,(H,47,51)(H,49,50)(H,52,57)/b48-27-/t34-,38-,39-,40-,41-/m0/s1. The Hall–Kier alpha value is -6.66. The summed E-state index contributed by atoms with van der Waals surface area (Å²) in [5.74, 6) is 8.11. The summed E-state index contributed by atoms with van der Waals surface area (Å²) >= 11 is 0. The van der Waals surface area contributed by atoms with Gasteiger partial charge in [0, 0.05) is 24.1 Å². The molecule has 0 unspecified atom stereocenters. The van der Waals surface area contributed by atoms with E-state index in [0.29, 0.717) is 31.1 Å². The number of carbonyl (C=O) groups is 3. The number of fused-ring (bicyclic) bond motifs is 1. The summed E-state index contributed by atoms with van der Waals surface area (Å²) in [5.41, 5.74) is 4.96. The van der Waals surface area contributed by atoms with Gasteiger partial charge in [0.05, 0.1) is 55.8 Å². The van der Waals surface area contributed by atoms with Crippen LogP contribution >= 0.6 is 0 Å². The van der Waals surface area contributed by atoms with Gasteiger partial charge >= 0.3 is 6.09 Å². The second-order valence-corrected chi connectivity index (χ2v) is 15.9. The first-order valence-corrected chi connectivity index (χ1v) is 20.6. The van der Waals surface area contributed by atoms with E-state index in [-0.39, 0.29) is 35.8 Å². The minimum absolute atomic E-state index is 0.0233. The van der Waals surface area contributed by atoms with Crippen LogP contribution in [0.25, 0.3) is 22.3 Å². The molecule has 3 amide bonds. The van der Waals surface area contributed by atoms with E-state index in [1.54, 1.807) is 11.1 Å². The zero-order valence-electron chi connectivity index (χ0n) is 35.3. The molecule has 2 aliphatic rings. The molecule has 15 heteroatoms. The molecule has 0 bridgehead atoms. The summed E-state index contributed by atoms with van der Waals surface area (Å²) in [6, 6.07) is 21.2. The normalized spacial score (nSPS) is 18.7. The smallest absolute Gasteiger partial charge is 0.407 e. The highest BCUT2D eigenvalue weighted by Gasteiger charge is 2.43. The summed E-state index contributed by atoms with van der Waals surface area (Å²) < 4.78 is 11.1. The molecule has 7 rings (SSSR count). The average Bonchev–Trinajstić information content (AvgIpc) is 4.10. The van der Waals surface area contributed by atoms with Gasteiger partial charge in [-0.15, -0.1) is 0 Å². The zero-order chi connectivity index (χ0) is 43.0. The first kappa shape index (κ1) is 42.5. The van der Waals surface area contributed by atoms with Crippen LogP contribution in [0.15, 0.2) is 84.0 Å². The fourth-order valence-electron chi connectivity index (χ4n) is 7.89. The average molecular weight is 829 g/mol. The molecule has 2 fully saturated rings. The lowest BCUT2D eigenvalue weighted by molar-refractivity contribution is -0.188. The van der Waals surface area contributed by atoms with Crippen LogP contribution in [0.4, 0.5) is 4.79 Å². The number of aromatic nitrogens is 4. The SMILES string of the molecule is COO/C=N\[C@H](C(=O)N1CCC[C@H]1c1ncc(-c2ccc(C#Cc3ccc4nc([C@@H]5C[C@H](Oc6ccccc6)CN5C(=O)[C@@H](NC(=O)OC)C(C)C)[nH]c4c3)cc2)[nH]1)C(C)C. The number of methoxy groups -OCH3 is 1. The Bertz CT molecular complexity index is 2400. The van der Waals surface area contributed by atoms with Gasteiger partial charge in [-0.2, -0.15) is 4.89 Å². The van der Waals surface area contributed by atoms with Crippen LogP contribution in [0.5, 0.6) is 5.75 Å². The second-order valence-electron chi connectivity index (χ2n) is 15.9. The fourth-order valence-corrected chi connectivity index (χ4v) is 7.89. The van der Waals surface area contributed by atoms with E-state index in [1.165, 1.54) is 20.6 Å². The van der Waals surface area contributed by atoms with Crippen molar-refractivity contribution in [2.24, 2.45) is 16.8 Å². The van der Waals surface area contributed by atoms with Crippen molar-refractivity contribution in [2.75, 3.05) is 27.3 Å². The number of nitrogens with zero attached hydrogens (tertiary/aromatic N) is 5. The molecule has 61 heavy (non-hydrogen) atoms. The van der Waals surface area contributed by atoms with Gasteiger partial charge in [0.1, 0.15) is 35.6 Å². The van der Waals surface area contributed by atoms with E-state index in [0.717, 1.165) is 52.1 Å². The number of nitrogens with one attached hydrogen (secondary N) is 3. The van der Waals surface area contributed by atoms with Crippen LogP contribution in [0.2, 0.25) is 0 Å². The fraction of sp³-hybridized carbons (Fsp3) is 0.391. The molecule has 0 saturated carbocycles. The number of para-hydroxylation sites is 1. The Kier molecular flexibility index (Phi) is 13.3. The van der Waals surface area contributed by atoms with Crippen molar-refractivity contribution >= 4 is 35.3 Å². The maximum Gasteiger partial charge on any atom is 0.407 e. The van der Waals surface area contributed by atoms with Crippen molar-refractivity contribution in [2.45, 2.75) is 77.2 Å². The van der Waals surface area contributed by atoms with Crippen LogP contribution in [-0.4, -0.2) is 99.5 Å². The van der Waals surface area contributed by atoms with Gasteiger partial charge in [-0.3, -0.25) is 9.59 Å². The molecular weight excluding hydrogens is 777 g/mol. The third kappa shape index (κ3) is 9.87. The van der Waals surface area contributed by atoms with E-state index in [9.17, 15) is 14.4 Å². The Labute approximate surface area is 355 Å². The lowest BCUT2D eigenvalue weighted by Crippen LogP contribution is -2.51. The molecule has 0 radical (unpaired) electrons. The van der Waals surface area contributed by atoms with Crippen LogP contribution < -0.4 is 10.1 Å². The Morgan fingerprint density at radius 3 is 2.36 bits per heavy atom. The van der Waals surface area contributed by atoms with Crippen molar-refractivity contribution in [1.29, 1.82) is 0 Å². The number of carbonyl (C=O) groups excluding carboxylic acids is 3. The Balaban J connectivity index is 1.05. The zero-order valence-corrected chi connectivity index (χ0v) is 35.3. The number of hydrogen-bond donors (Lipinski definition) is 3. The topological polar surface area (TPSA) is 176 Å². The van der Waals surface area contributed by atoms with Gasteiger partial charge in [0.2, 0.25) is 18.2 Å². The van der Waals surface area contributed by atoms with E-state index in [4.69, 9.17) is 19.3 Å². The number of likely N-dealkylation sites (tertiary alicyclic amines) is 2. The number of rotatable bonds is 13. The third-order valence-electron chi connectivity index (χ3n) is 11.0. The molecule has 3 aromatic carbocycles. The minimum Gasteiger partial charge on any atom is -0.488 e. The summed E-state index contributed by atoms with van der Waals surface area (Å²) in [5, 5.41) is 2.72. The number of amides is 3. The number of aliphatic imine (C=N–C) groups is 1. The summed E-state index contributed by atoms with van der Waals surface area (Å²) in [6.07, 6.45) is 4.20. The highest BCUT2D eigenvalue weighted by atomic mass is 17.2. The number of alkyl carbamates (subject to hydrolysis) is 1. The number of benzene rings is 3. The van der Waals surface area contributed by atoms with Gasteiger partial charge in [0.15, 0.2) is 0 Å². The highest BCUT2D eigenvalue weighted by molar-refractivity contribution is 5.87. The molecule has 3 N–H and O–H groups in total. The maximum absolute atomic E-state index is 14.1. The molecule has 5 atom stereocenters. The van der Waals surface area contributed by atoms with Crippen molar-refractivity contribution in [1.82, 2.24) is 35.1 Å². The lowest BCUT2D eigenvalue weighted by atomic mass is 10.0. The van der Waals surface area contributed by atoms with Crippen LogP contribution in [0.3, 0.4) is 0 Å².